The molecule has 0 unspecified atom stereocenters. The van der Waals surface area contributed by atoms with Gasteiger partial charge >= 0.3 is 6.09 Å². The molecule has 29 heavy (non-hydrogen) atoms. The van der Waals surface area contributed by atoms with Crippen molar-refractivity contribution in [3.8, 4) is 16.9 Å². The van der Waals surface area contributed by atoms with E-state index in [9.17, 15) is 4.79 Å². The fourth-order valence-corrected chi connectivity index (χ4v) is 4.03. The van der Waals surface area contributed by atoms with E-state index in [0.29, 0.717) is 19.7 Å². The molecule has 0 aliphatic carbocycles. The lowest BCUT2D eigenvalue weighted by molar-refractivity contribution is 0.00956. The third-order valence-corrected chi connectivity index (χ3v) is 5.71. The van der Waals surface area contributed by atoms with Crippen LogP contribution in [-0.2, 0) is 11.2 Å². The van der Waals surface area contributed by atoms with Crippen molar-refractivity contribution in [3.63, 3.8) is 0 Å². The molecule has 1 amide bonds. The van der Waals surface area contributed by atoms with Crippen LogP contribution in [0.3, 0.4) is 0 Å². The van der Waals surface area contributed by atoms with E-state index in [-0.39, 0.29) is 17.1 Å². The van der Waals surface area contributed by atoms with E-state index >= 15 is 0 Å². The smallest absolute Gasteiger partial charge is 0.409 e. The number of carbonyl (C=O) groups is 1. The van der Waals surface area contributed by atoms with Gasteiger partial charge in [-0.3, -0.25) is 0 Å². The highest BCUT2D eigenvalue weighted by Crippen LogP contribution is 2.42. The number of likely N-dealkylation sites (tertiary alicyclic amines) is 1. The number of ether oxygens (including phenoxy) is 2. The van der Waals surface area contributed by atoms with Crippen molar-refractivity contribution in [1.29, 1.82) is 0 Å². The van der Waals surface area contributed by atoms with Crippen LogP contribution in [0, 0.1) is 5.41 Å². The van der Waals surface area contributed by atoms with Gasteiger partial charge in [-0.25, -0.2) is 4.79 Å². The molecule has 154 valence electrons. The molecule has 1 saturated heterocycles. The summed E-state index contributed by atoms with van der Waals surface area (Å²) >= 11 is 0. The Bertz CT molecular complexity index is 891. The third-order valence-electron chi connectivity index (χ3n) is 5.71. The first-order chi connectivity index (χ1) is 13.7. The molecule has 2 aromatic carbocycles. The number of carbonyl (C=O) groups excluding carboxylic acids is 1. The summed E-state index contributed by atoms with van der Waals surface area (Å²) in [5, 5.41) is 0. The minimum Gasteiger partial charge on any atom is -0.487 e. The lowest BCUT2D eigenvalue weighted by Gasteiger charge is -2.38. The number of fused-ring (bicyclic) bond motifs is 1. The number of piperidine rings is 1. The Hall–Kier alpha value is -2.69. The van der Waals surface area contributed by atoms with Gasteiger partial charge < -0.3 is 20.1 Å². The summed E-state index contributed by atoms with van der Waals surface area (Å²) in [7, 11) is 0. The number of nitrogens with zero attached hydrogens (tertiary/aromatic N) is 1. The van der Waals surface area contributed by atoms with Crippen molar-refractivity contribution in [1.82, 2.24) is 4.90 Å². The zero-order valence-corrected chi connectivity index (χ0v) is 17.5. The van der Waals surface area contributed by atoms with E-state index in [4.69, 9.17) is 15.2 Å². The van der Waals surface area contributed by atoms with E-state index in [1.165, 1.54) is 11.1 Å². The van der Waals surface area contributed by atoms with Crippen LogP contribution in [0.5, 0.6) is 5.75 Å². The van der Waals surface area contributed by atoms with Gasteiger partial charge in [-0.1, -0.05) is 39.0 Å². The van der Waals surface area contributed by atoms with Crippen molar-refractivity contribution in [2.24, 2.45) is 5.41 Å². The Labute approximate surface area is 172 Å². The first-order valence-electron chi connectivity index (χ1n) is 10.3. The van der Waals surface area contributed by atoms with Gasteiger partial charge in [0.25, 0.3) is 0 Å². The highest BCUT2D eigenvalue weighted by molar-refractivity contribution is 5.69. The molecule has 0 atom stereocenters. The summed E-state index contributed by atoms with van der Waals surface area (Å²) in [6.07, 6.45) is 2.32. The molecule has 0 bridgehead atoms. The molecule has 0 saturated carbocycles. The van der Waals surface area contributed by atoms with Gasteiger partial charge in [-0.2, -0.15) is 0 Å². The van der Waals surface area contributed by atoms with E-state index in [1.54, 1.807) is 0 Å². The second kappa shape index (κ2) is 7.29. The van der Waals surface area contributed by atoms with Crippen molar-refractivity contribution < 1.29 is 14.3 Å². The minimum atomic E-state index is -0.212. The topological polar surface area (TPSA) is 64.8 Å². The Morgan fingerprint density at radius 1 is 1.10 bits per heavy atom. The highest BCUT2D eigenvalue weighted by atomic mass is 16.6. The van der Waals surface area contributed by atoms with Gasteiger partial charge in [0.15, 0.2) is 0 Å². The Kier molecular flexibility index (Phi) is 4.93. The van der Waals surface area contributed by atoms with E-state index in [0.717, 1.165) is 36.3 Å². The van der Waals surface area contributed by atoms with Gasteiger partial charge in [0.05, 0.1) is 6.61 Å². The van der Waals surface area contributed by atoms with Crippen molar-refractivity contribution in [3.05, 3.63) is 48.0 Å². The van der Waals surface area contributed by atoms with Crippen LogP contribution < -0.4 is 10.5 Å². The average Bonchev–Trinajstić information content (AvgIpc) is 3.03. The summed E-state index contributed by atoms with van der Waals surface area (Å²) in [6.45, 7) is 7.96. The standard InChI is InChI=1S/C24H30N2O3/c1-23(2,3)16-28-22(27)26-12-10-24(11-13-26)15-19-14-18(6-9-21(19)29-24)17-4-7-20(25)8-5-17/h4-9,14H,10-13,15-16,25H2,1-3H3. The molecule has 2 aliphatic heterocycles. The highest BCUT2D eigenvalue weighted by Gasteiger charge is 2.43. The van der Waals surface area contributed by atoms with Gasteiger partial charge in [0, 0.05) is 38.0 Å². The van der Waals surface area contributed by atoms with Gasteiger partial charge in [-0.05, 0) is 46.4 Å². The SMILES string of the molecule is CC(C)(C)COC(=O)N1CCC2(CC1)Cc1cc(-c3ccc(N)cc3)ccc1O2. The first-order valence-corrected chi connectivity index (χ1v) is 10.3. The van der Waals surface area contributed by atoms with Gasteiger partial charge in [-0.15, -0.1) is 0 Å². The average molecular weight is 395 g/mol. The van der Waals surface area contributed by atoms with Crippen LogP contribution in [0.4, 0.5) is 10.5 Å². The number of anilines is 1. The molecular weight excluding hydrogens is 364 g/mol. The maximum Gasteiger partial charge on any atom is 0.409 e. The van der Waals surface area contributed by atoms with Gasteiger partial charge in [0.1, 0.15) is 11.4 Å². The zero-order valence-electron chi connectivity index (χ0n) is 17.5. The van der Waals surface area contributed by atoms with Gasteiger partial charge in [0.2, 0.25) is 0 Å². The molecule has 1 spiro atoms. The van der Waals surface area contributed by atoms with E-state index in [1.807, 2.05) is 29.2 Å². The van der Waals surface area contributed by atoms with Crippen molar-refractivity contribution in [2.75, 3.05) is 25.4 Å². The van der Waals surface area contributed by atoms with Crippen LogP contribution in [-0.4, -0.2) is 36.3 Å². The summed E-state index contributed by atoms with van der Waals surface area (Å²) in [4.78, 5) is 14.2. The van der Waals surface area contributed by atoms with E-state index < -0.39 is 0 Å². The number of hydrogen-bond acceptors (Lipinski definition) is 4. The second-order valence-corrected chi connectivity index (χ2v) is 9.51. The zero-order chi connectivity index (χ0) is 20.6. The molecule has 2 N–H and O–H groups in total. The second-order valence-electron chi connectivity index (χ2n) is 9.51. The lowest BCUT2D eigenvalue weighted by atomic mass is 9.86. The number of nitrogens with two attached hydrogens (primary N) is 1. The lowest BCUT2D eigenvalue weighted by Crippen LogP contribution is -2.49. The molecule has 0 aromatic heterocycles. The maximum absolute atomic E-state index is 12.3. The molecular formula is C24H30N2O3. The Morgan fingerprint density at radius 3 is 2.41 bits per heavy atom. The molecule has 2 aliphatic rings. The number of nitrogen functional groups attached to an aromatic ring is 1. The fourth-order valence-electron chi connectivity index (χ4n) is 4.03. The monoisotopic (exact) mass is 394 g/mol. The summed E-state index contributed by atoms with van der Waals surface area (Å²) in [5.41, 5.74) is 9.91. The predicted molar refractivity (Wildman–Crippen MR) is 115 cm³/mol. The van der Waals surface area contributed by atoms with Crippen LogP contribution in [0.25, 0.3) is 11.1 Å². The van der Waals surface area contributed by atoms with Crippen LogP contribution >= 0.6 is 0 Å². The minimum absolute atomic E-state index is 0.0228. The Balaban J connectivity index is 1.40. The summed E-state index contributed by atoms with van der Waals surface area (Å²) in [5.74, 6) is 0.966. The quantitative estimate of drug-likeness (QED) is 0.737. The number of benzene rings is 2. The Morgan fingerprint density at radius 2 is 1.76 bits per heavy atom. The normalized spacial score (nSPS) is 17.7. The van der Waals surface area contributed by atoms with E-state index in [2.05, 4.69) is 39.0 Å². The number of hydrogen-bond donors (Lipinski definition) is 1. The summed E-state index contributed by atoms with van der Waals surface area (Å²) < 4.78 is 11.9. The number of rotatable bonds is 2. The molecule has 4 rings (SSSR count). The third kappa shape index (κ3) is 4.34. The van der Waals surface area contributed by atoms with Crippen LogP contribution in [0.1, 0.15) is 39.2 Å². The molecule has 0 radical (unpaired) electrons. The fraction of sp³-hybridized carbons (Fsp3) is 0.458. The maximum atomic E-state index is 12.3. The summed E-state index contributed by atoms with van der Waals surface area (Å²) in [6, 6.07) is 14.3. The molecule has 2 aromatic rings. The predicted octanol–water partition coefficient (Wildman–Crippen LogP) is 4.89. The molecule has 5 nitrogen and oxygen atoms in total. The first kappa shape index (κ1) is 19.6. The molecule has 2 heterocycles. The van der Waals surface area contributed by atoms with Crippen LogP contribution in [0.15, 0.2) is 42.5 Å². The number of amides is 1. The molecule has 1 fully saturated rings. The van der Waals surface area contributed by atoms with Crippen molar-refractivity contribution >= 4 is 11.8 Å². The largest absolute Gasteiger partial charge is 0.487 e. The van der Waals surface area contributed by atoms with Crippen molar-refractivity contribution in [2.45, 2.75) is 45.6 Å². The van der Waals surface area contributed by atoms with Crippen LogP contribution in [0.2, 0.25) is 0 Å². The molecule has 5 heteroatoms.